The number of hydrogen-bond donors (Lipinski definition) is 2. The van der Waals surface area contributed by atoms with Gasteiger partial charge in [0.05, 0.1) is 24.8 Å². The van der Waals surface area contributed by atoms with Gasteiger partial charge in [0.2, 0.25) is 0 Å². The third-order valence-electron chi connectivity index (χ3n) is 3.27. The molecule has 7 nitrogen and oxygen atoms in total. The average Bonchev–Trinajstić information content (AvgIpc) is 2.78. The second-order valence-electron chi connectivity index (χ2n) is 4.84. The molecule has 0 radical (unpaired) electrons. The lowest BCUT2D eigenvalue weighted by Gasteiger charge is -2.32. The summed E-state index contributed by atoms with van der Waals surface area (Å²) in [6, 6.07) is -0.259. The van der Waals surface area contributed by atoms with Gasteiger partial charge in [-0.3, -0.25) is 10.1 Å². The van der Waals surface area contributed by atoms with Crippen LogP contribution in [0.15, 0.2) is 0 Å². The molecule has 0 bridgehead atoms. The van der Waals surface area contributed by atoms with E-state index in [4.69, 9.17) is 9.84 Å². The van der Waals surface area contributed by atoms with E-state index in [1.807, 2.05) is 13.8 Å². The van der Waals surface area contributed by atoms with E-state index >= 15 is 0 Å². The second-order valence-corrected chi connectivity index (χ2v) is 6.05. The van der Waals surface area contributed by atoms with Crippen LogP contribution >= 0.6 is 11.3 Å². The lowest BCUT2D eigenvalue weighted by molar-refractivity contribution is -0.141. The van der Waals surface area contributed by atoms with Crippen LogP contribution in [-0.4, -0.2) is 52.8 Å². The van der Waals surface area contributed by atoms with Crippen molar-refractivity contribution in [3.8, 4) is 0 Å². The third kappa shape index (κ3) is 4.15. The predicted octanol–water partition coefficient (Wildman–Crippen LogP) is 1.72. The Hall–Kier alpha value is -1.67. The first-order valence-electron chi connectivity index (χ1n) is 6.85. The molecule has 0 aromatic carbocycles. The van der Waals surface area contributed by atoms with Gasteiger partial charge >= 0.3 is 12.0 Å². The molecule has 2 amide bonds. The first-order chi connectivity index (χ1) is 9.99. The minimum absolute atomic E-state index is 0.0971. The van der Waals surface area contributed by atoms with Gasteiger partial charge in [0.15, 0.2) is 5.13 Å². The third-order valence-corrected chi connectivity index (χ3v) is 4.20. The highest BCUT2D eigenvalue weighted by atomic mass is 32.1. The zero-order chi connectivity index (χ0) is 15.4. The Morgan fingerprint density at radius 3 is 2.95 bits per heavy atom. The number of morpholine rings is 1. The van der Waals surface area contributed by atoms with Gasteiger partial charge in [-0.25, -0.2) is 9.78 Å². The van der Waals surface area contributed by atoms with E-state index in [0.717, 1.165) is 17.0 Å². The lowest BCUT2D eigenvalue weighted by atomic mass is 10.2. The van der Waals surface area contributed by atoms with Gasteiger partial charge in [-0.2, -0.15) is 0 Å². The summed E-state index contributed by atoms with van der Waals surface area (Å²) in [6.07, 6.45) is 0.280. The molecule has 1 unspecified atom stereocenters. The number of carboxylic acid groups (broad SMARTS) is 1. The van der Waals surface area contributed by atoms with Crippen LogP contribution < -0.4 is 5.32 Å². The van der Waals surface area contributed by atoms with E-state index in [0.29, 0.717) is 18.3 Å². The number of carboxylic acids is 1. The molecule has 1 fully saturated rings. The normalized spacial score (nSPS) is 18.6. The molecule has 8 heteroatoms. The van der Waals surface area contributed by atoms with Crippen LogP contribution in [0.4, 0.5) is 9.93 Å². The molecule has 0 aliphatic carbocycles. The fraction of sp³-hybridized carbons (Fsp3) is 0.615. The number of nitrogens with one attached hydrogen (secondary N) is 1. The van der Waals surface area contributed by atoms with Gasteiger partial charge in [0.25, 0.3) is 0 Å². The van der Waals surface area contributed by atoms with Crippen LogP contribution in [0.5, 0.6) is 0 Å². The van der Waals surface area contributed by atoms with Crippen molar-refractivity contribution in [2.75, 3.05) is 25.0 Å². The highest BCUT2D eigenvalue weighted by Gasteiger charge is 2.26. The number of carbonyl (C=O) groups is 2. The number of nitrogens with zero attached hydrogens (tertiary/aromatic N) is 2. The topological polar surface area (TPSA) is 91.8 Å². The van der Waals surface area contributed by atoms with Crippen molar-refractivity contribution in [1.29, 1.82) is 0 Å². The van der Waals surface area contributed by atoms with Gasteiger partial charge in [-0.05, 0) is 13.3 Å². The molecule has 2 heterocycles. The van der Waals surface area contributed by atoms with Crippen LogP contribution in [0.25, 0.3) is 0 Å². The molecule has 1 aromatic rings. The van der Waals surface area contributed by atoms with E-state index in [1.54, 1.807) is 4.90 Å². The Morgan fingerprint density at radius 1 is 1.57 bits per heavy atom. The minimum atomic E-state index is -0.926. The quantitative estimate of drug-likeness (QED) is 0.883. The Bertz CT molecular complexity index is 531. The summed E-state index contributed by atoms with van der Waals surface area (Å²) in [7, 11) is 0. The molecule has 2 N–H and O–H groups in total. The number of ether oxygens (including phenoxy) is 1. The van der Waals surface area contributed by atoms with E-state index in [-0.39, 0.29) is 19.0 Å². The SMILES string of the molecule is CCc1nc(NC(=O)N2CCOC(CC(=O)O)C2)sc1C. The Morgan fingerprint density at radius 2 is 2.33 bits per heavy atom. The van der Waals surface area contributed by atoms with Crippen molar-refractivity contribution >= 4 is 28.5 Å². The maximum atomic E-state index is 12.2. The number of rotatable bonds is 4. The first-order valence-corrected chi connectivity index (χ1v) is 7.66. The molecule has 2 rings (SSSR count). The number of thiazole rings is 1. The average molecular weight is 313 g/mol. The number of amides is 2. The van der Waals surface area contributed by atoms with Crippen LogP contribution in [0.2, 0.25) is 0 Å². The molecule has 1 saturated heterocycles. The van der Waals surface area contributed by atoms with Crippen molar-refractivity contribution < 1.29 is 19.4 Å². The van der Waals surface area contributed by atoms with Crippen molar-refractivity contribution in [1.82, 2.24) is 9.88 Å². The van der Waals surface area contributed by atoms with Gasteiger partial charge < -0.3 is 14.7 Å². The standard InChI is InChI=1S/C13H19N3O4S/c1-3-10-8(2)21-12(14-10)15-13(19)16-4-5-20-9(7-16)6-11(17)18/h9H,3-7H2,1-2H3,(H,17,18)(H,14,15,19). The largest absolute Gasteiger partial charge is 0.481 e. The number of hydrogen-bond acceptors (Lipinski definition) is 5. The van der Waals surface area contributed by atoms with Gasteiger partial charge in [-0.1, -0.05) is 6.92 Å². The number of anilines is 1. The van der Waals surface area contributed by atoms with E-state index in [1.165, 1.54) is 11.3 Å². The maximum Gasteiger partial charge on any atom is 0.323 e. The monoisotopic (exact) mass is 313 g/mol. The summed E-state index contributed by atoms with van der Waals surface area (Å²) in [6.45, 7) is 5.08. The van der Waals surface area contributed by atoms with Crippen molar-refractivity contribution in [3.63, 3.8) is 0 Å². The smallest absolute Gasteiger partial charge is 0.323 e. The van der Waals surface area contributed by atoms with Crippen LogP contribution in [0, 0.1) is 6.92 Å². The highest BCUT2D eigenvalue weighted by molar-refractivity contribution is 7.15. The summed E-state index contributed by atoms with van der Waals surface area (Å²) in [4.78, 5) is 29.9. The molecular weight excluding hydrogens is 294 g/mol. The van der Waals surface area contributed by atoms with E-state index in [2.05, 4.69) is 10.3 Å². The van der Waals surface area contributed by atoms with Gasteiger partial charge in [-0.15, -0.1) is 11.3 Å². The summed E-state index contributed by atoms with van der Waals surface area (Å²) in [5.41, 5.74) is 0.987. The molecule has 1 atom stereocenters. The number of aryl methyl sites for hydroxylation is 2. The van der Waals surface area contributed by atoms with Crippen LogP contribution in [0.3, 0.4) is 0 Å². The Kier molecular flexibility index (Phi) is 5.13. The van der Waals surface area contributed by atoms with E-state index in [9.17, 15) is 9.59 Å². The first kappa shape index (κ1) is 15.7. The fourth-order valence-electron chi connectivity index (χ4n) is 2.20. The van der Waals surface area contributed by atoms with Gasteiger partial charge in [0, 0.05) is 18.0 Å². The molecule has 1 aromatic heterocycles. The molecular formula is C13H19N3O4S. The Labute approximate surface area is 126 Å². The molecule has 0 spiro atoms. The maximum absolute atomic E-state index is 12.2. The molecule has 116 valence electrons. The summed E-state index contributed by atoms with van der Waals surface area (Å²) < 4.78 is 5.34. The van der Waals surface area contributed by atoms with Gasteiger partial charge in [0.1, 0.15) is 0 Å². The Balaban J connectivity index is 1.94. The summed E-state index contributed by atoms with van der Waals surface area (Å²) in [5.74, 6) is -0.926. The minimum Gasteiger partial charge on any atom is -0.481 e. The summed E-state index contributed by atoms with van der Waals surface area (Å²) in [5, 5.41) is 12.1. The van der Waals surface area contributed by atoms with E-state index < -0.39 is 12.1 Å². The van der Waals surface area contributed by atoms with Crippen LogP contribution in [0.1, 0.15) is 23.9 Å². The number of aromatic nitrogens is 1. The van der Waals surface area contributed by atoms with Crippen molar-refractivity contribution in [3.05, 3.63) is 10.6 Å². The zero-order valence-electron chi connectivity index (χ0n) is 12.1. The fourth-order valence-corrected chi connectivity index (χ4v) is 3.09. The number of carbonyl (C=O) groups excluding carboxylic acids is 1. The molecule has 1 aliphatic heterocycles. The highest BCUT2D eigenvalue weighted by Crippen LogP contribution is 2.23. The summed E-state index contributed by atoms with van der Waals surface area (Å²) >= 11 is 1.45. The molecule has 21 heavy (non-hydrogen) atoms. The zero-order valence-corrected chi connectivity index (χ0v) is 12.9. The lowest BCUT2D eigenvalue weighted by Crippen LogP contribution is -2.47. The second kappa shape index (κ2) is 6.86. The van der Waals surface area contributed by atoms with Crippen molar-refractivity contribution in [2.45, 2.75) is 32.8 Å². The predicted molar refractivity (Wildman–Crippen MR) is 78.8 cm³/mol. The molecule has 0 saturated carbocycles. The number of urea groups is 1. The van der Waals surface area contributed by atoms with Crippen LogP contribution in [-0.2, 0) is 16.0 Å². The number of aliphatic carboxylic acids is 1. The van der Waals surface area contributed by atoms with Crippen molar-refractivity contribution in [2.24, 2.45) is 0 Å². The molecule has 1 aliphatic rings.